The highest BCUT2D eigenvalue weighted by atomic mass is 32.2. The van der Waals surface area contributed by atoms with Crippen molar-refractivity contribution in [3.05, 3.63) is 29.1 Å². The van der Waals surface area contributed by atoms with E-state index in [0.29, 0.717) is 0 Å². The summed E-state index contributed by atoms with van der Waals surface area (Å²) in [6.45, 7) is 0.897. The Morgan fingerprint density at radius 1 is 1.21 bits per heavy atom. The molecule has 0 radical (unpaired) electrons. The van der Waals surface area contributed by atoms with Gasteiger partial charge in [-0.05, 0) is 37.1 Å². The quantitative estimate of drug-likeness (QED) is 0.685. The van der Waals surface area contributed by atoms with Crippen LogP contribution in [0.25, 0.3) is 0 Å². The van der Waals surface area contributed by atoms with Gasteiger partial charge in [-0.2, -0.15) is 13.2 Å². The number of nitrogens with one attached hydrogen (secondary N) is 1. The summed E-state index contributed by atoms with van der Waals surface area (Å²) in [5.41, 5.74) is 0.140. The zero-order chi connectivity index (χ0) is 14.8. The third-order valence-corrected chi connectivity index (χ3v) is 3.62. The van der Waals surface area contributed by atoms with Crippen LogP contribution in [0.2, 0.25) is 0 Å². The number of sulfonamides is 1. The van der Waals surface area contributed by atoms with Crippen molar-refractivity contribution in [2.24, 2.45) is 0 Å². The lowest BCUT2D eigenvalue weighted by Gasteiger charge is -2.13. The Bertz CT molecular complexity index is 546. The molecule has 0 aliphatic heterocycles. The zero-order valence-corrected chi connectivity index (χ0v) is 10.8. The van der Waals surface area contributed by atoms with Gasteiger partial charge in [-0.3, -0.25) is 4.84 Å². The highest BCUT2D eigenvalue weighted by Crippen LogP contribution is 2.21. The normalized spacial score (nSPS) is 12.7. The lowest BCUT2D eigenvalue weighted by atomic mass is 10.1. The van der Waals surface area contributed by atoms with Gasteiger partial charge in [0, 0.05) is 0 Å². The fourth-order valence-electron chi connectivity index (χ4n) is 1.55. The molecule has 0 saturated heterocycles. The molecule has 0 heterocycles. The molecular formula is C10H11F4NO3S. The molecule has 0 bridgehead atoms. The number of benzene rings is 1. The van der Waals surface area contributed by atoms with Gasteiger partial charge < -0.3 is 0 Å². The van der Waals surface area contributed by atoms with Gasteiger partial charge >= 0.3 is 6.18 Å². The van der Waals surface area contributed by atoms with Crippen LogP contribution in [0.3, 0.4) is 0 Å². The van der Waals surface area contributed by atoms with E-state index in [9.17, 15) is 26.0 Å². The molecule has 1 aromatic rings. The van der Waals surface area contributed by atoms with Crippen molar-refractivity contribution in [2.75, 3.05) is 6.61 Å². The summed E-state index contributed by atoms with van der Waals surface area (Å²) in [6, 6.07) is 1.93. The van der Waals surface area contributed by atoms with E-state index in [-0.39, 0.29) is 16.0 Å². The first-order chi connectivity index (χ1) is 8.53. The Morgan fingerprint density at radius 3 is 2.11 bits per heavy atom. The first-order valence-electron chi connectivity index (χ1n) is 5.00. The van der Waals surface area contributed by atoms with Gasteiger partial charge in [0.25, 0.3) is 10.0 Å². The molecule has 9 heteroatoms. The lowest BCUT2D eigenvalue weighted by molar-refractivity contribution is -0.181. The Balaban J connectivity index is 2.96. The number of alkyl halides is 3. The average Bonchev–Trinajstić information content (AvgIpc) is 2.11. The van der Waals surface area contributed by atoms with E-state index < -0.39 is 28.6 Å². The standard InChI is InChI=1S/C10H11F4NO3S/c1-6-3-8(11)4-7(2)9(6)19(16,17)15-18-5-10(12,13)14/h3-4,15H,5H2,1-2H3. The maximum absolute atomic E-state index is 13.0. The minimum atomic E-state index is -4.66. The Kier molecular flexibility index (Phi) is 4.54. The maximum Gasteiger partial charge on any atom is 0.413 e. The zero-order valence-electron chi connectivity index (χ0n) is 10.0. The van der Waals surface area contributed by atoms with Gasteiger partial charge in [-0.1, -0.05) is 4.89 Å². The fourth-order valence-corrected chi connectivity index (χ4v) is 2.81. The molecule has 19 heavy (non-hydrogen) atoms. The van der Waals surface area contributed by atoms with Crippen LogP contribution in [-0.2, 0) is 14.9 Å². The highest BCUT2D eigenvalue weighted by Gasteiger charge is 2.29. The second kappa shape index (κ2) is 5.43. The van der Waals surface area contributed by atoms with Crippen LogP contribution < -0.4 is 4.89 Å². The van der Waals surface area contributed by atoms with Crippen LogP contribution in [0.1, 0.15) is 11.1 Å². The van der Waals surface area contributed by atoms with E-state index in [2.05, 4.69) is 4.84 Å². The van der Waals surface area contributed by atoms with Crippen molar-refractivity contribution >= 4 is 10.0 Å². The summed E-state index contributed by atoms with van der Waals surface area (Å²) < 4.78 is 72.0. The van der Waals surface area contributed by atoms with Crippen LogP contribution in [0.4, 0.5) is 17.6 Å². The van der Waals surface area contributed by atoms with Crippen molar-refractivity contribution in [1.82, 2.24) is 4.89 Å². The van der Waals surface area contributed by atoms with Crippen LogP contribution in [0.5, 0.6) is 0 Å². The van der Waals surface area contributed by atoms with E-state index in [1.807, 2.05) is 0 Å². The molecule has 108 valence electrons. The van der Waals surface area contributed by atoms with Gasteiger partial charge in [0.2, 0.25) is 0 Å². The van der Waals surface area contributed by atoms with Crippen LogP contribution in [0.15, 0.2) is 17.0 Å². The first-order valence-corrected chi connectivity index (χ1v) is 6.48. The molecule has 1 aromatic carbocycles. The molecule has 0 unspecified atom stereocenters. The SMILES string of the molecule is Cc1cc(F)cc(C)c1S(=O)(=O)NOCC(F)(F)F. The monoisotopic (exact) mass is 301 g/mol. The summed E-state index contributed by atoms with van der Waals surface area (Å²) in [5.74, 6) is -0.634. The van der Waals surface area contributed by atoms with E-state index >= 15 is 0 Å². The number of hydrogen-bond acceptors (Lipinski definition) is 3. The average molecular weight is 301 g/mol. The van der Waals surface area contributed by atoms with Crippen LogP contribution in [-0.4, -0.2) is 21.2 Å². The second-order valence-corrected chi connectivity index (χ2v) is 5.44. The van der Waals surface area contributed by atoms with E-state index in [0.717, 1.165) is 12.1 Å². The number of halogens is 4. The molecule has 4 nitrogen and oxygen atoms in total. The van der Waals surface area contributed by atoms with E-state index in [4.69, 9.17) is 0 Å². The van der Waals surface area contributed by atoms with Crippen molar-refractivity contribution < 1.29 is 30.8 Å². The minimum Gasteiger partial charge on any atom is -0.277 e. The summed E-state index contributed by atoms with van der Waals surface area (Å²) >= 11 is 0. The predicted octanol–water partition coefficient (Wildman–Crippen LogP) is 2.21. The summed E-state index contributed by atoms with van der Waals surface area (Å²) in [5, 5.41) is 0. The number of rotatable bonds is 4. The third kappa shape index (κ3) is 4.44. The molecule has 1 N–H and O–H groups in total. The molecule has 0 fully saturated rings. The Hall–Kier alpha value is -1.19. The van der Waals surface area contributed by atoms with Crippen molar-refractivity contribution in [1.29, 1.82) is 0 Å². The molecule has 0 aromatic heterocycles. The summed E-state index contributed by atoms with van der Waals surface area (Å²) in [4.78, 5) is 4.95. The van der Waals surface area contributed by atoms with Crippen LogP contribution >= 0.6 is 0 Å². The molecule has 0 aliphatic carbocycles. The molecule has 0 amide bonds. The molecule has 1 rings (SSSR count). The maximum atomic E-state index is 13.0. The van der Waals surface area contributed by atoms with Gasteiger partial charge in [-0.15, -0.1) is 0 Å². The summed E-state index contributed by atoms with van der Waals surface area (Å²) in [6.07, 6.45) is -4.66. The smallest absolute Gasteiger partial charge is 0.277 e. The largest absolute Gasteiger partial charge is 0.413 e. The van der Waals surface area contributed by atoms with Gasteiger partial charge in [-0.25, -0.2) is 12.8 Å². The minimum absolute atomic E-state index is 0.0700. The predicted molar refractivity (Wildman–Crippen MR) is 58.2 cm³/mol. The topological polar surface area (TPSA) is 55.4 Å². The Morgan fingerprint density at radius 2 is 1.68 bits per heavy atom. The number of hydrogen-bond donors (Lipinski definition) is 1. The third-order valence-electron chi connectivity index (χ3n) is 2.10. The Labute approximate surface area is 107 Å². The van der Waals surface area contributed by atoms with Gasteiger partial charge in [0.05, 0.1) is 4.90 Å². The van der Waals surface area contributed by atoms with E-state index in [1.165, 1.54) is 18.7 Å². The van der Waals surface area contributed by atoms with Crippen molar-refractivity contribution in [3.8, 4) is 0 Å². The molecule has 0 atom stereocenters. The second-order valence-electron chi connectivity index (χ2n) is 3.86. The van der Waals surface area contributed by atoms with Crippen molar-refractivity contribution in [2.45, 2.75) is 24.9 Å². The number of aryl methyl sites for hydroxylation is 2. The molecule has 0 aliphatic rings. The lowest BCUT2D eigenvalue weighted by Crippen LogP contribution is -2.30. The van der Waals surface area contributed by atoms with Crippen molar-refractivity contribution in [3.63, 3.8) is 0 Å². The van der Waals surface area contributed by atoms with E-state index in [1.54, 1.807) is 0 Å². The molecule has 0 saturated carbocycles. The molecule has 0 spiro atoms. The van der Waals surface area contributed by atoms with Gasteiger partial charge in [0.1, 0.15) is 5.82 Å². The highest BCUT2D eigenvalue weighted by molar-refractivity contribution is 7.89. The molecular weight excluding hydrogens is 290 g/mol. The first kappa shape index (κ1) is 15.9. The van der Waals surface area contributed by atoms with Crippen LogP contribution in [0, 0.1) is 19.7 Å². The van der Waals surface area contributed by atoms with Gasteiger partial charge in [0.15, 0.2) is 6.61 Å². The summed E-state index contributed by atoms with van der Waals surface area (Å²) in [7, 11) is -4.30. The fraction of sp³-hybridized carbons (Fsp3) is 0.400.